The first kappa shape index (κ1) is 26.1. The number of halogens is 1. The quantitative estimate of drug-likeness (QED) is 0.332. The molecule has 9 nitrogen and oxygen atoms in total. The average Bonchev–Trinajstić information content (AvgIpc) is 3.41. The zero-order valence-electron chi connectivity index (χ0n) is 19.8. The molecule has 3 aromatic rings. The van der Waals surface area contributed by atoms with E-state index in [1.54, 1.807) is 48.7 Å². The lowest BCUT2D eigenvalue weighted by Gasteiger charge is -2.20. The third kappa shape index (κ3) is 5.11. The molecule has 37 heavy (non-hydrogen) atoms. The molecule has 2 aromatic carbocycles. The number of carbonyl (C=O) groups is 5. The van der Waals surface area contributed by atoms with E-state index in [2.05, 4.69) is 5.32 Å². The van der Waals surface area contributed by atoms with Crippen molar-refractivity contribution in [1.82, 2.24) is 4.90 Å². The fourth-order valence-corrected chi connectivity index (χ4v) is 5.02. The molecule has 1 unspecified atom stereocenters. The first-order valence-corrected chi connectivity index (χ1v) is 12.5. The van der Waals surface area contributed by atoms with Gasteiger partial charge in [0.25, 0.3) is 17.7 Å². The number of esters is 2. The summed E-state index contributed by atoms with van der Waals surface area (Å²) in [4.78, 5) is 63.9. The van der Waals surface area contributed by atoms with Gasteiger partial charge in [-0.3, -0.25) is 19.3 Å². The van der Waals surface area contributed by atoms with Gasteiger partial charge < -0.3 is 14.8 Å². The van der Waals surface area contributed by atoms with Gasteiger partial charge in [0.2, 0.25) is 0 Å². The molecular weight excluding hydrogens is 520 g/mol. The highest BCUT2D eigenvalue weighted by Gasteiger charge is 2.41. The maximum Gasteiger partial charge on any atom is 0.341 e. The molecule has 1 N–H and O–H groups in total. The van der Waals surface area contributed by atoms with Crippen LogP contribution in [0.15, 0.2) is 53.9 Å². The highest BCUT2D eigenvalue weighted by atomic mass is 35.5. The number of hydrogen-bond acceptors (Lipinski definition) is 8. The number of carbonyl (C=O) groups excluding carboxylic acids is 5. The summed E-state index contributed by atoms with van der Waals surface area (Å²) in [5, 5.41) is 4.85. The molecule has 2 heterocycles. The molecule has 0 radical (unpaired) electrons. The van der Waals surface area contributed by atoms with Crippen molar-refractivity contribution in [3.8, 4) is 11.1 Å². The molecular formula is C26H21ClN2O7S. The van der Waals surface area contributed by atoms with Crippen LogP contribution >= 0.6 is 22.9 Å². The van der Waals surface area contributed by atoms with E-state index in [0.29, 0.717) is 16.1 Å². The van der Waals surface area contributed by atoms with Crippen molar-refractivity contribution < 1.29 is 33.4 Å². The van der Waals surface area contributed by atoms with Crippen LogP contribution < -0.4 is 5.32 Å². The summed E-state index contributed by atoms with van der Waals surface area (Å²) in [6.07, 6.45) is 0. The number of nitrogens with one attached hydrogen (secondary N) is 1. The van der Waals surface area contributed by atoms with Gasteiger partial charge in [-0.25, -0.2) is 9.59 Å². The predicted molar refractivity (Wildman–Crippen MR) is 137 cm³/mol. The van der Waals surface area contributed by atoms with Crippen molar-refractivity contribution in [2.45, 2.75) is 19.9 Å². The van der Waals surface area contributed by atoms with E-state index < -0.39 is 42.3 Å². The van der Waals surface area contributed by atoms with E-state index in [9.17, 15) is 24.0 Å². The Morgan fingerprint density at radius 3 is 2.14 bits per heavy atom. The minimum atomic E-state index is -1.25. The summed E-state index contributed by atoms with van der Waals surface area (Å²) in [5.74, 6) is -3.53. The fourth-order valence-electron chi connectivity index (χ4n) is 3.82. The van der Waals surface area contributed by atoms with E-state index in [1.807, 2.05) is 0 Å². The lowest BCUT2D eigenvalue weighted by Crippen LogP contribution is -2.44. The second-order valence-corrected chi connectivity index (χ2v) is 9.20. The molecule has 0 aliphatic carbocycles. The van der Waals surface area contributed by atoms with E-state index in [-0.39, 0.29) is 28.3 Å². The van der Waals surface area contributed by atoms with Crippen LogP contribution in [0.1, 0.15) is 44.9 Å². The monoisotopic (exact) mass is 540 g/mol. The van der Waals surface area contributed by atoms with Crippen LogP contribution in [0, 0.1) is 0 Å². The smallest absolute Gasteiger partial charge is 0.341 e. The summed E-state index contributed by atoms with van der Waals surface area (Å²) < 4.78 is 10.2. The van der Waals surface area contributed by atoms with Gasteiger partial charge in [-0.05, 0) is 32.0 Å². The van der Waals surface area contributed by atoms with Crippen molar-refractivity contribution in [1.29, 1.82) is 0 Å². The molecule has 11 heteroatoms. The maximum atomic E-state index is 12.7. The summed E-state index contributed by atoms with van der Waals surface area (Å²) >= 11 is 7.39. The number of nitrogens with zero attached hydrogens (tertiary/aromatic N) is 1. The molecule has 1 aliphatic heterocycles. The van der Waals surface area contributed by atoms with E-state index in [0.717, 1.165) is 16.2 Å². The van der Waals surface area contributed by atoms with Crippen molar-refractivity contribution in [3.63, 3.8) is 0 Å². The first-order valence-electron chi connectivity index (χ1n) is 11.2. The molecule has 0 saturated carbocycles. The average molecular weight is 541 g/mol. The number of imide groups is 1. The third-order valence-corrected chi connectivity index (χ3v) is 6.81. The second kappa shape index (κ2) is 10.9. The van der Waals surface area contributed by atoms with Gasteiger partial charge in [0, 0.05) is 21.5 Å². The molecule has 0 bridgehead atoms. The molecule has 190 valence electrons. The summed E-state index contributed by atoms with van der Waals surface area (Å²) in [5.41, 5.74) is 1.59. The normalized spacial score (nSPS) is 13.2. The molecule has 4 rings (SSSR count). The third-order valence-electron chi connectivity index (χ3n) is 5.59. The Hall–Kier alpha value is -4.02. The minimum absolute atomic E-state index is 0.122. The summed E-state index contributed by atoms with van der Waals surface area (Å²) in [6.45, 7) is 2.42. The van der Waals surface area contributed by atoms with Gasteiger partial charge >= 0.3 is 11.9 Å². The highest BCUT2D eigenvalue weighted by Crippen LogP contribution is 2.39. The lowest BCUT2D eigenvalue weighted by atomic mass is 10.0. The van der Waals surface area contributed by atoms with Crippen LogP contribution in [-0.2, 0) is 19.1 Å². The Labute approximate surface area is 220 Å². The zero-order valence-corrected chi connectivity index (χ0v) is 21.4. The van der Waals surface area contributed by atoms with Gasteiger partial charge in [0.05, 0.1) is 17.7 Å². The number of rotatable bonds is 8. The summed E-state index contributed by atoms with van der Waals surface area (Å²) in [6, 6.07) is 11.9. The highest BCUT2D eigenvalue weighted by molar-refractivity contribution is 7.15. The molecule has 1 aliphatic rings. The number of anilines is 1. The van der Waals surface area contributed by atoms with Gasteiger partial charge in [-0.1, -0.05) is 41.9 Å². The number of thiophene rings is 1. The standard InChI is InChI=1S/C26H21ClN2O7S/c1-3-35-26(34)21-18(15-8-6-7-11-19(15)27)13-37-22(21)28-20(30)12-36-25(33)14(2)29-23(31)16-9-4-5-10-17(16)24(29)32/h4-11,13-14H,3,12H2,1-2H3,(H,28,30). The minimum Gasteiger partial charge on any atom is -0.462 e. The van der Waals surface area contributed by atoms with E-state index in [1.165, 1.54) is 19.1 Å². The molecule has 1 aromatic heterocycles. The van der Waals surface area contributed by atoms with E-state index >= 15 is 0 Å². The molecule has 0 spiro atoms. The van der Waals surface area contributed by atoms with Gasteiger partial charge in [-0.2, -0.15) is 0 Å². The van der Waals surface area contributed by atoms with Crippen LogP contribution in [0.5, 0.6) is 0 Å². The maximum absolute atomic E-state index is 12.7. The number of benzene rings is 2. The second-order valence-electron chi connectivity index (χ2n) is 7.91. The SMILES string of the molecule is CCOC(=O)c1c(-c2ccccc2Cl)csc1NC(=O)COC(=O)C(C)N1C(=O)c2ccccc2C1=O. The lowest BCUT2D eigenvalue weighted by molar-refractivity contribution is -0.150. The Balaban J connectivity index is 1.45. The van der Waals surface area contributed by atoms with Gasteiger partial charge in [0.1, 0.15) is 16.6 Å². The number of hydrogen-bond donors (Lipinski definition) is 1. The largest absolute Gasteiger partial charge is 0.462 e. The number of fused-ring (bicyclic) bond motifs is 1. The van der Waals surface area contributed by atoms with Gasteiger partial charge in [0.15, 0.2) is 6.61 Å². The van der Waals surface area contributed by atoms with Crippen LogP contribution in [-0.4, -0.2) is 53.8 Å². The number of amides is 3. The zero-order chi connectivity index (χ0) is 26.7. The molecule has 0 fully saturated rings. The van der Waals surface area contributed by atoms with Crippen molar-refractivity contribution in [2.24, 2.45) is 0 Å². The fraction of sp³-hybridized carbons (Fsp3) is 0.192. The van der Waals surface area contributed by atoms with Gasteiger partial charge in [-0.15, -0.1) is 11.3 Å². The van der Waals surface area contributed by atoms with Crippen molar-refractivity contribution in [3.05, 3.63) is 75.6 Å². The van der Waals surface area contributed by atoms with Crippen molar-refractivity contribution in [2.75, 3.05) is 18.5 Å². The Bertz CT molecular complexity index is 1380. The Morgan fingerprint density at radius 1 is 0.946 bits per heavy atom. The van der Waals surface area contributed by atoms with Crippen LogP contribution in [0.3, 0.4) is 0 Å². The number of ether oxygens (including phenoxy) is 2. The Kier molecular flexibility index (Phi) is 7.70. The van der Waals surface area contributed by atoms with Crippen molar-refractivity contribution >= 4 is 57.6 Å². The van der Waals surface area contributed by atoms with Crippen LogP contribution in [0.25, 0.3) is 11.1 Å². The van der Waals surface area contributed by atoms with Crippen LogP contribution in [0.2, 0.25) is 5.02 Å². The summed E-state index contributed by atoms with van der Waals surface area (Å²) in [7, 11) is 0. The van der Waals surface area contributed by atoms with Crippen LogP contribution in [0.4, 0.5) is 5.00 Å². The van der Waals surface area contributed by atoms with E-state index in [4.69, 9.17) is 21.1 Å². The first-order chi connectivity index (χ1) is 17.7. The molecule has 3 amide bonds. The Morgan fingerprint density at radius 2 is 1.54 bits per heavy atom. The predicted octanol–water partition coefficient (Wildman–Crippen LogP) is 4.41. The topological polar surface area (TPSA) is 119 Å². The molecule has 0 saturated heterocycles. The molecule has 1 atom stereocenters.